The third kappa shape index (κ3) is 5.96. The van der Waals surface area contributed by atoms with Gasteiger partial charge in [0.05, 0.1) is 10.6 Å². The summed E-state index contributed by atoms with van der Waals surface area (Å²) in [7, 11) is 0. The highest BCUT2D eigenvalue weighted by atomic mass is 35.5. The molecule has 0 aliphatic carbocycles. The molecule has 0 fully saturated rings. The maximum atomic E-state index is 13.0. The molecule has 1 N–H and O–H groups in total. The van der Waals surface area contributed by atoms with Gasteiger partial charge in [-0.1, -0.05) is 23.7 Å². The molecule has 31 heavy (non-hydrogen) atoms. The molecule has 3 aromatic rings. The highest BCUT2D eigenvalue weighted by Gasteiger charge is 2.33. The molecule has 158 valence electrons. The van der Waals surface area contributed by atoms with E-state index >= 15 is 0 Å². The van der Waals surface area contributed by atoms with E-state index in [4.69, 9.17) is 21.6 Å². The number of benzene rings is 2. The predicted octanol–water partition coefficient (Wildman–Crippen LogP) is 5.39. The van der Waals surface area contributed by atoms with E-state index in [-0.39, 0.29) is 17.8 Å². The van der Waals surface area contributed by atoms with Crippen LogP contribution in [0.3, 0.4) is 0 Å². The molecule has 9 heteroatoms. The van der Waals surface area contributed by atoms with Gasteiger partial charge in [-0.3, -0.25) is 4.79 Å². The molecule has 5 nitrogen and oxygen atoms in total. The maximum Gasteiger partial charge on any atom is 0.417 e. The van der Waals surface area contributed by atoms with Crippen LogP contribution in [-0.4, -0.2) is 17.4 Å². The lowest BCUT2D eigenvalue weighted by Crippen LogP contribution is -2.26. The monoisotopic (exact) mass is 445 g/mol. The summed E-state index contributed by atoms with van der Waals surface area (Å²) in [5, 5.41) is 11.0. The van der Waals surface area contributed by atoms with Gasteiger partial charge < -0.3 is 10.1 Å². The van der Waals surface area contributed by atoms with Crippen molar-refractivity contribution in [2.45, 2.75) is 12.6 Å². The normalized spacial score (nSPS) is 10.9. The highest BCUT2D eigenvalue weighted by Crippen LogP contribution is 2.35. The second-order valence-corrected chi connectivity index (χ2v) is 6.84. The van der Waals surface area contributed by atoms with Crippen molar-refractivity contribution in [3.8, 4) is 17.6 Å². The molecule has 0 aliphatic heterocycles. The molecule has 0 bridgehead atoms. The lowest BCUT2D eigenvalue weighted by atomic mass is 10.1. The van der Waals surface area contributed by atoms with E-state index in [1.165, 1.54) is 18.3 Å². The number of alkyl halides is 3. The third-order valence-corrected chi connectivity index (χ3v) is 4.54. The van der Waals surface area contributed by atoms with Crippen LogP contribution in [0.25, 0.3) is 0 Å². The molecule has 0 unspecified atom stereocenters. The minimum absolute atomic E-state index is 0.125. The number of nitriles is 1. The zero-order valence-corrected chi connectivity index (χ0v) is 16.7. The Labute approximate surface area is 181 Å². The summed E-state index contributed by atoms with van der Waals surface area (Å²) in [5.41, 5.74) is -0.103. The Kier molecular flexibility index (Phi) is 6.78. The number of nitrogens with one attached hydrogen (secondary N) is 1. The summed E-state index contributed by atoms with van der Waals surface area (Å²) in [6.07, 6.45) is -2.74. The first-order chi connectivity index (χ1) is 14.8. The van der Waals surface area contributed by atoms with Gasteiger partial charge in [0.25, 0.3) is 5.91 Å². The van der Waals surface area contributed by atoms with E-state index in [2.05, 4.69) is 10.3 Å². The lowest BCUT2D eigenvalue weighted by Gasteiger charge is -2.11. The molecular formula is C22H15ClF3N3O2. The van der Waals surface area contributed by atoms with E-state index in [1.54, 1.807) is 24.3 Å². The standard InChI is InChI=1S/C22H15ClF3N3O2/c23-20-5-4-15(11-19(20)22(24,25)26)21(30)29-8-6-14-2-1-3-17(10-14)31-18-7-9-28-16(12-18)13-27/h1-5,7,9-12H,6,8H2,(H,29,30). The summed E-state index contributed by atoms with van der Waals surface area (Å²) < 4.78 is 44.6. The third-order valence-electron chi connectivity index (χ3n) is 4.21. The fourth-order valence-electron chi connectivity index (χ4n) is 2.74. The van der Waals surface area contributed by atoms with Gasteiger partial charge in [0.2, 0.25) is 0 Å². The van der Waals surface area contributed by atoms with E-state index in [0.717, 1.165) is 17.7 Å². The Hall–Kier alpha value is -3.57. The average molecular weight is 446 g/mol. The Morgan fingerprint density at radius 3 is 2.65 bits per heavy atom. The number of nitrogens with zero attached hydrogens (tertiary/aromatic N) is 2. The second kappa shape index (κ2) is 9.49. The molecule has 1 amide bonds. The molecule has 0 atom stereocenters. The molecule has 0 saturated heterocycles. The highest BCUT2D eigenvalue weighted by molar-refractivity contribution is 6.31. The van der Waals surface area contributed by atoms with Crippen molar-refractivity contribution < 1.29 is 22.7 Å². The molecule has 0 aliphatic rings. The Morgan fingerprint density at radius 2 is 1.90 bits per heavy atom. The fraction of sp³-hybridized carbons (Fsp3) is 0.136. The number of pyridine rings is 1. The van der Waals surface area contributed by atoms with Crippen LogP contribution in [0, 0.1) is 11.3 Å². The molecular weight excluding hydrogens is 431 g/mol. The van der Waals surface area contributed by atoms with Crippen LogP contribution in [0.5, 0.6) is 11.5 Å². The largest absolute Gasteiger partial charge is 0.457 e. The Balaban J connectivity index is 1.60. The molecule has 3 rings (SSSR count). The van der Waals surface area contributed by atoms with Gasteiger partial charge >= 0.3 is 6.18 Å². The smallest absolute Gasteiger partial charge is 0.417 e. The van der Waals surface area contributed by atoms with Gasteiger partial charge in [0.1, 0.15) is 23.3 Å². The number of hydrogen-bond acceptors (Lipinski definition) is 4. The molecule has 0 radical (unpaired) electrons. The van der Waals surface area contributed by atoms with Crippen LogP contribution in [0.1, 0.15) is 27.2 Å². The quantitative estimate of drug-likeness (QED) is 0.552. The molecule has 1 aromatic heterocycles. The van der Waals surface area contributed by atoms with Crippen molar-refractivity contribution >= 4 is 17.5 Å². The topological polar surface area (TPSA) is 75.0 Å². The zero-order valence-electron chi connectivity index (χ0n) is 15.9. The van der Waals surface area contributed by atoms with Gasteiger partial charge in [0, 0.05) is 24.4 Å². The molecule has 2 aromatic carbocycles. The minimum atomic E-state index is -4.64. The first-order valence-electron chi connectivity index (χ1n) is 9.04. The van der Waals surface area contributed by atoms with Gasteiger partial charge in [-0.15, -0.1) is 0 Å². The van der Waals surface area contributed by atoms with Crippen LogP contribution in [-0.2, 0) is 12.6 Å². The molecule has 1 heterocycles. The number of carbonyl (C=O) groups excluding carboxylic acids is 1. The van der Waals surface area contributed by atoms with Crippen LogP contribution < -0.4 is 10.1 Å². The minimum Gasteiger partial charge on any atom is -0.457 e. The van der Waals surface area contributed by atoms with Crippen LogP contribution in [0.15, 0.2) is 60.8 Å². The first-order valence-corrected chi connectivity index (χ1v) is 9.42. The van der Waals surface area contributed by atoms with E-state index in [9.17, 15) is 18.0 Å². The van der Waals surface area contributed by atoms with Crippen LogP contribution >= 0.6 is 11.6 Å². The van der Waals surface area contributed by atoms with Crippen molar-refractivity contribution in [3.63, 3.8) is 0 Å². The number of halogens is 4. The van der Waals surface area contributed by atoms with E-state index in [0.29, 0.717) is 17.9 Å². The Morgan fingerprint density at radius 1 is 1.13 bits per heavy atom. The summed E-state index contributed by atoms with van der Waals surface area (Å²) in [6, 6.07) is 15.2. The number of hydrogen-bond donors (Lipinski definition) is 1. The average Bonchev–Trinajstić information content (AvgIpc) is 2.73. The summed E-state index contributed by atoms with van der Waals surface area (Å²) in [4.78, 5) is 16.1. The van der Waals surface area contributed by atoms with Crippen molar-refractivity contribution in [3.05, 3.63) is 88.2 Å². The summed E-state index contributed by atoms with van der Waals surface area (Å²) >= 11 is 5.58. The Bertz CT molecular complexity index is 1140. The van der Waals surface area contributed by atoms with Gasteiger partial charge in [-0.25, -0.2) is 4.98 Å². The number of ether oxygens (including phenoxy) is 1. The second-order valence-electron chi connectivity index (χ2n) is 6.44. The van der Waals surface area contributed by atoms with Gasteiger partial charge in [-0.05, 0) is 48.4 Å². The van der Waals surface area contributed by atoms with Crippen molar-refractivity contribution in [1.29, 1.82) is 5.26 Å². The van der Waals surface area contributed by atoms with Crippen molar-refractivity contribution in [2.75, 3.05) is 6.54 Å². The number of rotatable bonds is 6. The summed E-state index contributed by atoms with van der Waals surface area (Å²) in [6.45, 7) is 0.208. The zero-order chi connectivity index (χ0) is 22.4. The van der Waals surface area contributed by atoms with Crippen molar-refractivity contribution in [2.24, 2.45) is 0 Å². The summed E-state index contributed by atoms with van der Waals surface area (Å²) in [5.74, 6) is 0.363. The SMILES string of the molecule is N#Cc1cc(Oc2cccc(CCNC(=O)c3ccc(Cl)c(C(F)(F)F)c3)c2)ccn1. The van der Waals surface area contributed by atoms with Crippen LogP contribution in [0.2, 0.25) is 5.02 Å². The maximum absolute atomic E-state index is 13.0. The van der Waals surface area contributed by atoms with Crippen LogP contribution in [0.4, 0.5) is 13.2 Å². The lowest BCUT2D eigenvalue weighted by molar-refractivity contribution is -0.137. The van der Waals surface area contributed by atoms with Crippen molar-refractivity contribution in [1.82, 2.24) is 10.3 Å². The van der Waals surface area contributed by atoms with Gasteiger partial charge in [-0.2, -0.15) is 18.4 Å². The number of carbonyl (C=O) groups is 1. The number of aromatic nitrogens is 1. The molecule has 0 spiro atoms. The van der Waals surface area contributed by atoms with E-state index in [1.807, 2.05) is 12.1 Å². The number of amides is 1. The molecule has 0 saturated carbocycles. The van der Waals surface area contributed by atoms with Gasteiger partial charge in [0.15, 0.2) is 0 Å². The first kappa shape index (κ1) is 22.1. The predicted molar refractivity (Wildman–Crippen MR) is 108 cm³/mol. The van der Waals surface area contributed by atoms with E-state index < -0.39 is 22.7 Å². The fourth-order valence-corrected chi connectivity index (χ4v) is 2.97.